The second kappa shape index (κ2) is 9.40. The molecule has 5 heteroatoms. The number of carbonyl (C=O) groups excluding carboxylic acids is 1. The van der Waals surface area contributed by atoms with Crippen LogP contribution in [0.4, 0.5) is 4.79 Å². The highest BCUT2D eigenvalue weighted by Gasteiger charge is 2.29. The lowest BCUT2D eigenvalue weighted by Crippen LogP contribution is -2.39. The van der Waals surface area contributed by atoms with E-state index in [9.17, 15) is 14.7 Å². The third-order valence-corrected chi connectivity index (χ3v) is 6.38. The van der Waals surface area contributed by atoms with E-state index in [1.807, 2.05) is 66.7 Å². The van der Waals surface area contributed by atoms with Crippen LogP contribution in [-0.4, -0.2) is 29.8 Å². The van der Waals surface area contributed by atoms with E-state index in [1.54, 1.807) is 0 Å². The molecule has 1 amide bonds. The van der Waals surface area contributed by atoms with Gasteiger partial charge in [0.25, 0.3) is 0 Å². The highest BCUT2D eigenvalue weighted by atomic mass is 16.5. The van der Waals surface area contributed by atoms with Crippen molar-refractivity contribution in [1.29, 1.82) is 0 Å². The zero-order chi connectivity index (χ0) is 23.5. The number of fused-ring (bicyclic) bond motifs is 4. The monoisotopic (exact) mass is 451 g/mol. The van der Waals surface area contributed by atoms with Crippen LogP contribution in [0.5, 0.6) is 0 Å². The lowest BCUT2D eigenvalue weighted by Gasteiger charge is -2.19. The second-order valence-corrected chi connectivity index (χ2v) is 8.65. The van der Waals surface area contributed by atoms with Crippen molar-refractivity contribution < 1.29 is 19.4 Å². The number of carboxylic acid groups (broad SMARTS) is 1. The Hall–Kier alpha value is -4.12. The molecule has 5 rings (SSSR count). The van der Waals surface area contributed by atoms with Gasteiger partial charge in [0.15, 0.2) is 0 Å². The summed E-state index contributed by atoms with van der Waals surface area (Å²) in [6.07, 6.45) is -0.382. The lowest BCUT2D eigenvalue weighted by molar-refractivity contribution is -0.137. The van der Waals surface area contributed by atoms with Gasteiger partial charge in [0.2, 0.25) is 0 Å². The van der Waals surface area contributed by atoms with Crippen LogP contribution in [0.25, 0.3) is 21.9 Å². The molecule has 2 N–H and O–H groups in total. The molecule has 1 aliphatic rings. The number of aliphatic carboxylic acids is 1. The maximum absolute atomic E-state index is 12.7. The number of nitrogens with one attached hydrogen (secondary N) is 1. The molecule has 0 fully saturated rings. The van der Waals surface area contributed by atoms with Gasteiger partial charge >= 0.3 is 12.1 Å². The fourth-order valence-corrected chi connectivity index (χ4v) is 4.84. The highest BCUT2D eigenvalue weighted by Crippen LogP contribution is 2.44. The van der Waals surface area contributed by atoms with Crippen molar-refractivity contribution in [3.05, 3.63) is 108 Å². The van der Waals surface area contributed by atoms with Gasteiger partial charge in [-0.1, -0.05) is 91.0 Å². The molecule has 0 aliphatic heterocycles. The van der Waals surface area contributed by atoms with Crippen molar-refractivity contribution in [3.63, 3.8) is 0 Å². The third kappa shape index (κ3) is 4.50. The molecule has 1 aliphatic carbocycles. The van der Waals surface area contributed by atoms with Crippen LogP contribution >= 0.6 is 0 Å². The van der Waals surface area contributed by atoms with E-state index in [0.29, 0.717) is 6.42 Å². The predicted octanol–water partition coefficient (Wildman–Crippen LogP) is 5.76. The summed E-state index contributed by atoms with van der Waals surface area (Å²) in [6.45, 7) is 0.190. The summed E-state index contributed by atoms with van der Waals surface area (Å²) in [4.78, 5) is 24.1. The van der Waals surface area contributed by atoms with E-state index in [0.717, 1.165) is 38.6 Å². The molecular weight excluding hydrogens is 426 g/mol. The van der Waals surface area contributed by atoms with Gasteiger partial charge < -0.3 is 15.2 Å². The first kappa shape index (κ1) is 21.7. The minimum atomic E-state index is -0.968. The third-order valence-electron chi connectivity index (χ3n) is 6.38. The van der Waals surface area contributed by atoms with E-state index in [1.165, 1.54) is 0 Å². The van der Waals surface area contributed by atoms with Crippen molar-refractivity contribution in [2.24, 2.45) is 0 Å². The fraction of sp³-hybridized carbons (Fsp3) is 0.172. The van der Waals surface area contributed by atoms with Crippen molar-refractivity contribution >= 4 is 22.8 Å². The largest absolute Gasteiger partial charge is 0.481 e. The van der Waals surface area contributed by atoms with Gasteiger partial charge in [0, 0.05) is 12.0 Å². The van der Waals surface area contributed by atoms with Crippen molar-refractivity contribution in [1.82, 2.24) is 5.32 Å². The van der Waals surface area contributed by atoms with Crippen molar-refractivity contribution in [3.8, 4) is 11.1 Å². The van der Waals surface area contributed by atoms with Crippen LogP contribution in [0, 0.1) is 0 Å². The number of benzene rings is 4. The number of rotatable bonds is 7. The quantitative estimate of drug-likeness (QED) is 0.374. The van der Waals surface area contributed by atoms with Gasteiger partial charge in [-0.25, -0.2) is 4.79 Å². The predicted molar refractivity (Wildman–Crippen MR) is 132 cm³/mol. The smallest absolute Gasteiger partial charge is 0.407 e. The molecule has 4 aromatic carbocycles. The Labute approximate surface area is 198 Å². The van der Waals surface area contributed by atoms with Crippen LogP contribution in [-0.2, 0) is 16.0 Å². The van der Waals surface area contributed by atoms with E-state index in [2.05, 4.69) is 29.6 Å². The summed E-state index contributed by atoms with van der Waals surface area (Å²) < 4.78 is 5.62. The summed E-state index contributed by atoms with van der Waals surface area (Å²) in [6, 6.07) is 29.7. The van der Waals surface area contributed by atoms with E-state index < -0.39 is 18.1 Å². The summed E-state index contributed by atoms with van der Waals surface area (Å²) in [5.41, 5.74) is 5.55. The molecule has 34 heavy (non-hydrogen) atoms. The molecular formula is C29H25NO4. The average Bonchev–Trinajstić information content (AvgIpc) is 3.16. The molecule has 0 bridgehead atoms. The number of carbonyl (C=O) groups is 2. The van der Waals surface area contributed by atoms with E-state index >= 15 is 0 Å². The zero-order valence-corrected chi connectivity index (χ0v) is 18.6. The molecule has 0 saturated carbocycles. The van der Waals surface area contributed by atoms with Crippen LogP contribution in [0.3, 0.4) is 0 Å². The standard InChI is InChI=1S/C29H25NO4/c31-28(32)17-22(16-19-13-14-20-7-1-2-8-21(20)15-19)30-29(33)34-18-27-25-11-5-3-9-23(25)24-10-4-6-12-26(24)27/h1-15,22,27H,16-18H2,(H,30,33)(H,31,32)/t22-/m1/s1. The molecule has 0 heterocycles. The summed E-state index contributed by atoms with van der Waals surface area (Å²) in [5.74, 6) is -1.01. The SMILES string of the molecule is O=C(O)C[C@@H](Cc1ccc2ccccc2c1)NC(=O)OCC1c2ccccc2-c2ccccc21. The maximum Gasteiger partial charge on any atom is 0.407 e. The minimum absolute atomic E-state index is 0.0449. The molecule has 1 atom stereocenters. The average molecular weight is 452 g/mol. The van der Waals surface area contributed by atoms with E-state index in [-0.39, 0.29) is 18.9 Å². The molecule has 0 unspecified atom stereocenters. The van der Waals surface area contributed by atoms with Crippen LogP contribution in [0.15, 0.2) is 91.0 Å². The topological polar surface area (TPSA) is 75.6 Å². The Morgan fingerprint density at radius 1 is 0.824 bits per heavy atom. The Morgan fingerprint density at radius 2 is 1.44 bits per heavy atom. The first-order chi connectivity index (χ1) is 16.6. The van der Waals surface area contributed by atoms with Gasteiger partial charge in [-0.3, -0.25) is 4.79 Å². The van der Waals surface area contributed by atoms with Crippen LogP contribution < -0.4 is 5.32 Å². The minimum Gasteiger partial charge on any atom is -0.481 e. The van der Waals surface area contributed by atoms with Crippen molar-refractivity contribution in [2.75, 3.05) is 6.61 Å². The molecule has 170 valence electrons. The van der Waals surface area contributed by atoms with Gasteiger partial charge in [-0.2, -0.15) is 0 Å². The van der Waals surface area contributed by atoms with Gasteiger partial charge in [-0.05, 0) is 45.0 Å². The molecule has 0 radical (unpaired) electrons. The number of alkyl carbamates (subject to hydrolysis) is 1. The summed E-state index contributed by atoms with van der Waals surface area (Å²) in [7, 11) is 0. The number of ether oxygens (including phenoxy) is 1. The van der Waals surface area contributed by atoms with Crippen LogP contribution in [0.2, 0.25) is 0 Å². The number of amides is 1. The number of hydrogen-bond acceptors (Lipinski definition) is 3. The fourth-order valence-electron chi connectivity index (χ4n) is 4.84. The normalized spacial score (nSPS) is 13.2. The van der Waals surface area contributed by atoms with Gasteiger partial charge in [0.1, 0.15) is 6.61 Å². The summed E-state index contributed by atoms with van der Waals surface area (Å²) in [5, 5.41) is 14.3. The number of hydrogen-bond donors (Lipinski definition) is 2. The van der Waals surface area contributed by atoms with Crippen molar-refractivity contribution in [2.45, 2.75) is 24.8 Å². The molecule has 0 aromatic heterocycles. The highest BCUT2D eigenvalue weighted by molar-refractivity contribution is 5.83. The number of carboxylic acids is 1. The van der Waals surface area contributed by atoms with Gasteiger partial charge in [0.05, 0.1) is 6.42 Å². The first-order valence-corrected chi connectivity index (χ1v) is 11.4. The maximum atomic E-state index is 12.7. The Bertz CT molecular complexity index is 1320. The molecule has 0 saturated heterocycles. The molecule has 5 nitrogen and oxygen atoms in total. The Balaban J connectivity index is 1.27. The van der Waals surface area contributed by atoms with Crippen LogP contribution in [0.1, 0.15) is 29.0 Å². The summed E-state index contributed by atoms with van der Waals surface area (Å²) >= 11 is 0. The second-order valence-electron chi connectivity index (χ2n) is 8.65. The Morgan fingerprint density at radius 3 is 2.12 bits per heavy atom. The lowest BCUT2D eigenvalue weighted by atomic mass is 9.98. The molecule has 0 spiro atoms. The van der Waals surface area contributed by atoms with Gasteiger partial charge in [-0.15, -0.1) is 0 Å². The first-order valence-electron chi connectivity index (χ1n) is 11.4. The molecule has 4 aromatic rings. The van der Waals surface area contributed by atoms with E-state index in [4.69, 9.17) is 4.74 Å². The Kier molecular flexibility index (Phi) is 6.00. The zero-order valence-electron chi connectivity index (χ0n) is 18.6.